The second-order valence-corrected chi connectivity index (χ2v) is 6.03. The summed E-state index contributed by atoms with van der Waals surface area (Å²) in [7, 11) is 3.77. The topological polar surface area (TPSA) is 69.6 Å². The lowest BCUT2D eigenvalue weighted by atomic mass is 10.0. The molecule has 1 saturated carbocycles. The summed E-state index contributed by atoms with van der Waals surface area (Å²) < 4.78 is 0. The molecule has 5 nitrogen and oxygen atoms in total. The van der Waals surface area contributed by atoms with Crippen LogP contribution >= 0.6 is 11.6 Å². The Hall–Kier alpha value is -1.75. The van der Waals surface area contributed by atoms with Crippen LogP contribution in [-0.2, 0) is 9.59 Å². The third-order valence-electron chi connectivity index (χ3n) is 3.85. The average molecular weight is 311 g/mol. The van der Waals surface area contributed by atoms with E-state index in [9.17, 15) is 9.59 Å². The molecule has 0 unspecified atom stereocenters. The maximum Gasteiger partial charge on any atom is 0.306 e. The predicted molar refractivity (Wildman–Crippen MR) is 82.9 cm³/mol. The van der Waals surface area contributed by atoms with E-state index < -0.39 is 11.9 Å². The first-order chi connectivity index (χ1) is 9.88. The number of nitrogens with one attached hydrogen (secondary N) is 1. The highest BCUT2D eigenvalue weighted by Gasteiger charge is 2.34. The van der Waals surface area contributed by atoms with E-state index in [0.29, 0.717) is 30.0 Å². The van der Waals surface area contributed by atoms with Crippen LogP contribution in [0.15, 0.2) is 18.2 Å². The van der Waals surface area contributed by atoms with E-state index in [4.69, 9.17) is 16.7 Å². The summed E-state index contributed by atoms with van der Waals surface area (Å²) in [6.45, 7) is 0. The van der Waals surface area contributed by atoms with Gasteiger partial charge in [-0.3, -0.25) is 9.59 Å². The van der Waals surface area contributed by atoms with Gasteiger partial charge in [0.1, 0.15) is 0 Å². The second kappa shape index (κ2) is 6.35. The molecule has 1 aliphatic rings. The van der Waals surface area contributed by atoms with Gasteiger partial charge in [0.15, 0.2) is 0 Å². The average Bonchev–Trinajstić information content (AvgIpc) is 2.88. The highest BCUT2D eigenvalue weighted by atomic mass is 35.5. The van der Waals surface area contributed by atoms with Crippen molar-refractivity contribution in [3.05, 3.63) is 23.2 Å². The number of aliphatic carboxylic acids is 1. The number of carbonyl (C=O) groups excluding carboxylic acids is 1. The Balaban J connectivity index is 2.10. The summed E-state index contributed by atoms with van der Waals surface area (Å²) in [6.07, 6.45) is 1.57. The highest BCUT2D eigenvalue weighted by Crippen LogP contribution is 2.33. The minimum absolute atomic E-state index is 0.135. The Bertz CT molecular complexity index is 560. The first kappa shape index (κ1) is 15.6. The van der Waals surface area contributed by atoms with Crippen LogP contribution in [0.3, 0.4) is 0 Å². The minimum Gasteiger partial charge on any atom is -0.481 e. The maximum absolute atomic E-state index is 12.3. The Morgan fingerprint density at radius 2 is 1.95 bits per heavy atom. The Morgan fingerprint density at radius 3 is 2.52 bits per heavy atom. The molecular formula is C15H19ClN2O3. The van der Waals surface area contributed by atoms with Crippen molar-refractivity contribution in [3.63, 3.8) is 0 Å². The quantitative estimate of drug-likeness (QED) is 0.897. The summed E-state index contributed by atoms with van der Waals surface area (Å²) in [6, 6.07) is 5.31. The smallest absolute Gasteiger partial charge is 0.306 e. The molecule has 21 heavy (non-hydrogen) atoms. The first-order valence-corrected chi connectivity index (χ1v) is 7.27. The number of amides is 1. The number of nitrogens with zero attached hydrogens (tertiary/aromatic N) is 1. The van der Waals surface area contributed by atoms with Crippen LogP contribution in [-0.4, -0.2) is 31.1 Å². The fourth-order valence-electron chi connectivity index (χ4n) is 2.68. The molecule has 0 radical (unpaired) electrons. The number of hydrogen-bond donors (Lipinski definition) is 2. The van der Waals surface area contributed by atoms with Gasteiger partial charge in [0.2, 0.25) is 5.91 Å². The Kier molecular flexibility index (Phi) is 4.73. The molecule has 0 spiro atoms. The largest absolute Gasteiger partial charge is 0.481 e. The van der Waals surface area contributed by atoms with Gasteiger partial charge in [0.05, 0.1) is 17.3 Å². The number of carboxylic acids is 1. The predicted octanol–water partition coefficient (Wildman–Crippen LogP) is 2.85. The van der Waals surface area contributed by atoms with E-state index in [1.165, 1.54) is 0 Å². The summed E-state index contributed by atoms with van der Waals surface area (Å²) >= 11 is 5.98. The zero-order valence-electron chi connectivity index (χ0n) is 12.1. The molecule has 2 rings (SSSR count). The monoisotopic (exact) mass is 310 g/mol. The van der Waals surface area contributed by atoms with Crippen LogP contribution in [0.5, 0.6) is 0 Å². The van der Waals surface area contributed by atoms with Crippen LogP contribution in [0.1, 0.15) is 19.3 Å². The molecular weight excluding hydrogens is 292 g/mol. The van der Waals surface area contributed by atoms with Gasteiger partial charge in [-0.25, -0.2) is 0 Å². The zero-order valence-corrected chi connectivity index (χ0v) is 12.9. The van der Waals surface area contributed by atoms with E-state index in [1.54, 1.807) is 12.1 Å². The van der Waals surface area contributed by atoms with Crippen LogP contribution < -0.4 is 10.2 Å². The highest BCUT2D eigenvalue weighted by molar-refractivity contribution is 6.31. The van der Waals surface area contributed by atoms with Gasteiger partial charge in [-0.1, -0.05) is 11.6 Å². The van der Waals surface area contributed by atoms with Gasteiger partial charge < -0.3 is 15.3 Å². The van der Waals surface area contributed by atoms with Gasteiger partial charge >= 0.3 is 5.97 Å². The van der Waals surface area contributed by atoms with Crippen LogP contribution in [0.2, 0.25) is 5.02 Å². The number of benzene rings is 1. The third kappa shape index (κ3) is 3.67. The Labute approximate surface area is 128 Å². The van der Waals surface area contributed by atoms with E-state index in [2.05, 4.69) is 5.32 Å². The lowest BCUT2D eigenvalue weighted by Crippen LogP contribution is -2.23. The van der Waals surface area contributed by atoms with Crippen LogP contribution in [0.4, 0.5) is 11.4 Å². The van der Waals surface area contributed by atoms with Crippen molar-refractivity contribution in [2.24, 2.45) is 11.8 Å². The standard InChI is InChI=1S/C15H19ClN2O3/c1-18(2)13-6-5-11(16)8-12(13)17-14(19)9-3-4-10(7-9)15(20)21/h5-6,8-10H,3-4,7H2,1-2H3,(H,17,19)(H,20,21)/t9-,10+/m1/s1. The fraction of sp³-hybridized carbons (Fsp3) is 0.467. The van der Waals surface area contributed by atoms with Crippen molar-refractivity contribution in [2.45, 2.75) is 19.3 Å². The van der Waals surface area contributed by atoms with Crippen molar-refractivity contribution in [2.75, 3.05) is 24.3 Å². The summed E-state index contributed by atoms with van der Waals surface area (Å²) in [5.41, 5.74) is 1.51. The van der Waals surface area contributed by atoms with Crippen LogP contribution in [0, 0.1) is 11.8 Å². The molecule has 1 aliphatic carbocycles. The van der Waals surface area contributed by atoms with Gasteiger partial charge in [-0.05, 0) is 37.5 Å². The number of halogens is 1. The maximum atomic E-state index is 12.3. The number of hydrogen-bond acceptors (Lipinski definition) is 3. The lowest BCUT2D eigenvalue weighted by Gasteiger charge is -2.19. The molecule has 0 bridgehead atoms. The van der Waals surface area contributed by atoms with Gasteiger partial charge in [0.25, 0.3) is 0 Å². The summed E-state index contributed by atoms with van der Waals surface area (Å²) in [5.74, 6) is -1.61. The molecule has 1 aromatic carbocycles. The van der Waals surface area contributed by atoms with Gasteiger partial charge in [0, 0.05) is 25.0 Å². The molecule has 1 aromatic rings. The summed E-state index contributed by atoms with van der Waals surface area (Å²) in [4.78, 5) is 25.2. The van der Waals surface area contributed by atoms with Gasteiger partial charge in [-0.15, -0.1) is 0 Å². The van der Waals surface area contributed by atoms with E-state index in [1.807, 2.05) is 25.1 Å². The number of anilines is 2. The molecule has 2 atom stereocenters. The number of carboxylic acid groups (broad SMARTS) is 1. The SMILES string of the molecule is CN(C)c1ccc(Cl)cc1NC(=O)[C@@H]1CC[C@H](C(=O)O)C1. The second-order valence-electron chi connectivity index (χ2n) is 5.59. The van der Waals surface area contributed by atoms with Crippen LogP contribution in [0.25, 0.3) is 0 Å². The van der Waals surface area contributed by atoms with E-state index >= 15 is 0 Å². The Morgan fingerprint density at radius 1 is 1.29 bits per heavy atom. The molecule has 6 heteroatoms. The molecule has 0 aliphatic heterocycles. The molecule has 114 valence electrons. The molecule has 2 N–H and O–H groups in total. The van der Waals surface area contributed by atoms with Crippen molar-refractivity contribution < 1.29 is 14.7 Å². The van der Waals surface area contributed by atoms with Crippen molar-refractivity contribution in [3.8, 4) is 0 Å². The van der Waals surface area contributed by atoms with Crippen molar-refractivity contribution in [1.29, 1.82) is 0 Å². The summed E-state index contributed by atoms with van der Waals surface area (Å²) in [5, 5.41) is 12.4. The molecule has 1 amide bonds. The normalized spacial score (nSPS) is 21.1. The fourth-order valence-corrected chi connectivity index (χ4v) is 2.85. The van der Waals surface area contributed by atoms with Crippen molar-refractivity contribution in [1.82, 2.24) is 0 Å². The van der Waals surface area contributed by atoms with Gasteiger partial charge in [-0.2, -0.15) is 0 Å². The van der Waals surface area contributed by atoms with Crippen molar-refractivity contribution >= 4 is 34.9 Å². The van der Waals surface area contributed by atoms with E-state index in [0.717, 1.165) is 5.69 Å². The molecule has 1 fully saturated rings. The zero-order chi connectivity index (χ0) is 15.6. The molecule has 0 aromatic heterocycles. The lowest BCUT2D eigenvalue weighted by molar-refractivity contribution is -0.141. The molecule has 0 saturated heterocycles. The number of rotatable bonds is 4. The minimum atomic E-state index is -0.818. The third-order valence-corrected chi connectivity index (χ3v) is 4.09. The van der Waals surface area contributed by atoms with E-state index in [-0.39, 0.29) is 11.8 Å². The number of carbonyl (C=O) groups is 2. The molecule has 0 heterocycles. The first-order valence-electron chi connectivity index (χ1n) is 6.89.